The number of fused-ring (bicyclic) bond motifs is 1. The average Bonchev–Trinajstić information content (AvgIpc) is 3.03. The molecule has 1 fully saturated rings. The zero-order chi connectivity index (χ0) is 16.9. The largest absolute Gasteiger partial charge is 0.466 e. The van der Waals surface area contributed by atoms with Gasteiger partial charge in [-0.1, -0.05) is 19.1 Å². The van der Waals surface area contributed by atoms with E-state index in [2.05, 4.69) is 46.9 Å². The third kappa shape index (κ3) is 3.81. The molecule has 1 aromatic carbocycles. The summed E-state index contributed by atoms with van der Waals surface area (Å²) in [6.45, 7) is 8.06. The topological polar surface area (TPSA) is 34.5 Å². The van der Waals surface area contributed by atoms with E-state index >= 15 is 0 Å². The Morgan fingerprint density at radius 3 is 2.71 bits per heavy atom. The van der Waals surface area contributed by atoms with Gasteiger partial charge in [-0.25, -0.2) is 0 Å². The lowest BCUT2D eigenvalue weighted by molar-refractivity contribution is -0.143. The van der Waals surface area contributed by atoms with Gasteiger partial charge in [0.1, 0.15) is 0 Å². The van der Waals surface area contributed by atoms with E-state index < -0.39 is 0 Å². The molecule has 0 spiro atoms. The minimum absolute atomic E-state index is 0.111. The van der Waals surface area contributed by atoms with Crippen LogP contribution in [0.4, 0.5) is 0 Å². The molecule has 1 aliphatic heterocycles. The Morgan fingerprint density at radius 1 is 1.21 bits per heavy atom. The highest BCUT2D eigenvalue weighted by atomic mass is 16.5. The third-order valence-electron chi connectivity index (χ3n) is 5.11. The quantitative estimate of drug-likeness (QED) is 0.757. The molecule has 0 amide bonds. The second-order valence-corrected chi connectivity index (χ2v) is 6.59. The molecule has 1 saturated heterocycles. The summed E-state index contributed by atoms with van der Waals surface area (Å²) < 4.78 is 7.47. The van der Waals surface area contributed by atoms with Gasteiger partial charge in [-0.15, -0.1) is 0 Å². The monoisotopic (exact) mass is 328 g/mol. The van der Waals surface area contributed by atoms with Crippen LogP contribution in [0.25, 0.3) is 10.9 Å². The fraction of sp³-hybridized carbons (Fsp3) is 0.550. The molecule has 0 bridgehead atoms. The Balaban J connectivity index is 1.73. The molecule has 130 valence electrons. The van der Waals surface area contributed by atoms with E-state index in [4.69, 9.17) is 4.74 Å². The first-order chi connectivity index (χ1) is 11.7. The van der Waals surface area contributed by atoms with Crippen molar-refractivity contribution in [1.82, 2.24) is 9.47 Å². The Hall–Kier alpha value is -1.81. The van der Waals surface area contributed by atoms with Crippen molar-refractivity contribution in [1.29, 1.82) is 0 Å². The lowest BCUT2D eigenvalue weighted by atomic mass is 10.0. The summed E-state index contributed by atoms with van der Waals surface area (Å²) in [4.78, 5) is 14.1. The van der Waals surface area contributed by atoms with Gasteiger partial charge in [0, 0.05) is 37.3 Å². The summed E-state index contributed by atoms with van der Waals surface area (Å²) in [6, 6.07) is 9.35. The van der Waals surface area contributed by atoms with Crippen LogP contribution in [-0.4, -0.2) is 41.7 Å². The van der Waals surface area contributed by atoms with Gasteiger partial charge in [-0.05, 0) is 55.8 Å². The fourth-order valence-corrected chi connectivity index (χ4v) is 3.66. The van der Waals surface area contributed by atoms with E-state index in [1.807, 2.05) is 6.92 Å². The fourth-order valence-electron chi connectivity index (χ4n) is 3.66. The number of carbonyl (C=O) groups is 1. The number of rotatable bonds is 6. The Morgan fingerprint density at radius 2 is 2.00 bits per heavy atom. The van der Waals surface area contributed by atoms with Crippen molar-refractivity contribution in [3.8, 4) is 0 Å². The van der Waals surface area contributed by atoms with E-state index in [0.29, 0.717) is 19.1 Å². The highest BCUT2D eigenvalue weighted by Crippen LogP contribution is 2.28. The predicted molar refractivity (Wildman–Crippen MR) is 97.3 cm³/mol. The van der Waals surface area contributed by atoms with Crippen molar-refractivity contribution in [2.75, 3.05) is 26.2 Å². The van der Waals surface area contributed by atoms with E-state index in [-0.39, 0.29) is 5.97 Å². The number of piperidine rings is 1. The van der Waals surface area contributed by atoms with Crippen LogP contribution in [0.5, 0.6) is 0 Å². The molecule has 0 N–H and O–H groups in total. The minimum Gasteiger partial charge on any atom is -0.466 e. The molecular formula is C20H28N2O2. The summed E-state index contributed by atoms with van der Waals surface area (Å²) in [5.41, 5.74) is 2.51. The lowest BCUT2D eigenvalue weighted by Gasteiger charge is -2.32. The van der Waals surface area contributed by atoms with Gasteiger partial charge in [-0.2, -0.15) is 0 Å². The first kappa shape index (κ1) is 17.0. The van der Waals surface area contributed by atoms with Crippen molar-refractivity contribution in [2.45, 2.75) is 45.6 Å². The second-order valence-electron chi connectivity index (χ2n) is 6.59. The summed E-state index contributed by atoms with van der Waals surface area (Å²) >= 11 is 0. The number of esters is 1. The number of aryl methyl sites for hydroxylation is 1. The van der Waals surface area contributed by atoms with Crippen LogP contribution in [0, 0.1) is 0 Å². The van der Waals surface area contributed by atoms with Crippen molar-refractivity contribution >= 4 is 16.9 Å². The molecule has 2 aromatic rings. The SMILES string of the molecule is CCOC(=O)CCc1ccc2ccn(C3CCN(CC)CC3)c2c1. The lowest BCUT2D eigenvalue weighted by Crippen LogP contribution is -2.34. The zero-order valence-corrected chi connectivity index (χ0v) is 14.8. The van der Waals surface area contributed by atoms with Crippen LogP contribution in [-0.2, 0) is 16.0 Å². The Bertz CT molecular complexity index is 684. The maximum absolute atomic E-state index is 11.6. The number of benzene rings is 1. The van der Waals surface area contributed by atoms with Gasteiger partial charge in [-0.3, -0.25) is 4.79 Å². The van der Waals surface area contributed by atoms with Gasteiger partial charge in [0.2, 0.25) is 0 Å². The van der Waals surface area contributed by atoms with Crippen molar-refractivity contribution < 1.29 is 9.53 Å². The first-order valence-corrected chi connectivity index (χ1v) is 9.18. The number of ether oxygens (including phenoxy) is 1. The predicted octanol–water partition coefficient (Wildman–Crippen LogP) is 3.79. The van der Waals surface area contributed by atoms with Gasteiger partial charge < -0.3 is 14.2 Å². The normalized spacial score (nSPS) is 16.6. The van der Waals surface area contributed by atoms with Crippen LogP contribution in [0.1, 0.15) is 44.7 Å². The van der Waals surface area contributed by atoms with Crippen molar-refractivity contribution in [3.05, 3.63) is 36.0 Å². The second kappa shape index (κ2) is 7.84. The summed E-state index contributed by atoms with van der Waals surface area (Å²) in [6.07, 6.45) is 5.85. The Labute approximate surface area is 144 Å². The molecule has 4 heteroatoms. The number of aromatic nitrogens is 1. The molecule has 0 aliphatic carbocycles. The molecule has 1 aromatic heterocycles. The Kier molecular flexibility index (Phi) is 5.56. The number of hydrogen-bond acceptors (Lipinski definition) is 3. The van der Waals surface area contributed by atoms with Gasteiger partial charge in [0.05, 0.1) is 6.61 Å². The molecule has 0 atom stereocenters. The highest BCUT2D eigenvalue weighted by Gasteiger charge is 2.20. The average molecular weight is 328 g/mol. The number of likely N-dealkylation sites (tertiary alicyclic amines) is 1. The van der Waals surface area contributed by atoms with Gasteiger partial charge in [0.15, 0.2) is 0 Å². The molecule has 3 rings (SSSR count). The number of hydrogen-bond donors (Lipinski definition) is 0. The van der Waals surface area contributed by atoms with E-state index in [0.717, 1.165) is 13.0 Å². The first-order valence-electron chi connectivity index (χ1n) is 9.18. The molecule has 0 radical (unpaired) electrons. The number of nitrogens with zero attached hydrogens (tertiary/aromatic N) is 2. The summed E-state index contributed by atoms with van der Waals surface area (Å²) in [5.74, 6) is -0.111. The van der Waals surface area contributed by atoms with Gasteiger partial charge >= 0.3 is 5.97 Å². The summed E-state index contributed by atoms with van der Waals surface area (Å²) in [7, 11) is 0. The molecular weight excluding hydrogens is 300 g/mol. The molecule has 0 saturated carbocycles. The molecule has 4 nitrogen and oxygen atoms in total. The third-order valence-corrected chi connectivity index (χ3v) is 5.11. The maximum Gasteiger partial charge on any atom is 0.306 e. The van der Waals surface area contributed by atoms with E-state index in [1.165, 1.54) is 42.4 Å². The van der Waals surface area contributed by atoms with E-state index in [9.17, 15) is 4.79 Å². The number of carbonyl (C=O) groups excluding carboxylic acids is 1. The van der Waals surface area contributed by atoms with Crippen LogP contribution in [0.2, 0.25) is 0 Å². The molecule has 0 unspecified atom stereocenters. The smallest absolute Gasteiger partial charge is 0.306 e. The van der Waals surface area contributed by atoms with Gasteiger partial charge in [0.25, 0.3) is 0 Å². The van der Waals surface area contributed by atoms with Crippen LogP contribution < -0.4 is 0 Å². The van der Waals surface area contributed by atoms with Crippen LogP contribution in [0.15, 0.2) is 30.5 Å². The molecule has 2 heterocycles. The van der Waals surface area contributed by atoms with Crippen LogP contribution in [0.3, 0.4) is 0 Å². The zero-order valence-electron chi connectivity index (χ0n) is 14.8. The minimum atomic E-state index is -0.111. The standard InChI is InChI=1S/C20H28N2O2/c1-3-21-12-10-18(11-13-21)22-14-9-17-7-5-16(15-19(17)22)6-8-20(23)24-4-2/h5,7,9,14-15,18H,3-4,6,8,10-13H2,1-2H3. The van der Waals surface area contributed by atoms with E-state index in [1.54, 1.807) is 0 Å². The maximum atomic E-state index is 11.6. The van der Waals surface area contributed by atoms with Crippen LogP contribution >= 0.6 is 0 Å². The highest BCUT2D eigenvalue weighted by molar-refractivity contribution is 5.81. The van der Waals surface area contributed by atoms with Crippen molar-refractivity contribution in [2.24, 2.45) is 0 Å². The molecule has 1 aliphatic rings. The summed E-state index contributed by atoms with van der Waals surface area (Å²) in [5, 5.41) is 1.29. The van der Waals surface area contributed by atoms with Crippen molar-refractivity contribution in [3.63, 3.8) is 0 Å². The molecule has 24 heavy (non-hydrogen) atoms.